The van der Waals surface area contributed by atoms with Gasteiger partial charge in [0.25, 0.3) is 0 Å². The molecule has 0 amide bonds. The highest BCUT2D eigenvalue weighted by Crippen LogP contribution is 2.17. The molecule has 0 bridgehead atoms. The average Bonchev–Trinajstić information content (AvgIpc) is 2.24. The third-order valence-corrected chi connectivity index (χ3v) is 2.75. The molecule has 0 spiro atoms. The van der Waals surface area contributed by atoms with E-state index in [1.54, 1.807) is 0 Å². The Morgan fingerprint density at radius 1 is 1.44 bits per heavy atom. The number of nitrogens with zero attached hydrogens (tertiary/aromatic N) is 1. The molecular weight excluding hydrogens is 224 g/mol. The Bertz CT molecular complexity index is 318. The van der Waals surface area contributed by atoms with Gasteiger partial charge in [0.1, 0.15) is 5.75 Å². The number of likely N-dealkylation sites (N-methyl/N-ethyl adjacent to an activating group) is 1. The predicted molar refractivity (Wildman–Crippen MR) is 68.1 cm³/mol. The molecule has 0 heterocycles. The fourth-order valence-corrected chi connectivity index (χ4v) is 1.64. The lowest BCUT2D eigenvalue weighted by atomic mass is 10.2. The van der Waals surface area contributed by atoms with Crippen LogP contribution in [0.4, 0.5) is 0 Å². The lowest BCUT2D eigenvalue weighted by molar-refractivity contribution is 0.225. The van der Waals surface area contributed by atoms with Crippen molar-refractivity contribution in [2.45, 2.75) is 12.5 Å². The molecule has 0 aliphatic heterocycles. The lowest BCUT2D eigenvalue weighted by Gasteiger charge is -2.22. The van der Waals surface area contributed by atoms with Gasteiger partial charge in [-0.3, -0.25) is 0 Å². The van der Waals surface area contributed by atoms with E-state index in [1.165, 1.54) is 0 Å². The van der Waals surface area contributed by atoms with Crippen molar-refractivity contribution in [1.29, 1.82) is 0 Å². The molecule has 1 aromatic rings. The van der Waals surface area contributed by atoms with E-state index in [0.29, 0.717) is 24.2 Å². The Kier molecular flexibility index (Phi) is 5.60. The molecule has 0 aliphatic rings. The quantitative estimate of drug-likeness (QED) is 0.829. The number of hydrogen-bond acceptors (Lipinski definition) is 3. The number of hydrogen-bond donors (Lipinski definition) is 1. The van der Waals surface area contributed by atoms with Gasteiger partial charge in [0, 0.05) is 17.6 Å². The van der Waals surface area contributed by atoms with Crippen molar-refractivity contribution in [3.63, 3.8) is 0 Å². The smallest absolute Gasteiger partial charge is 0.120 e. The van der Waals surface area contributed by atoms with Crippen LogP contribution >= 0.6 is 11.6 Å². The van der Waals surface area contributed by atoms with Crippen molar-refractivity contribution in [3.05, 3.63) is 29.3 Å². The molecular formula is C12H19ClN2O. The van der Waals surface area contributed by atoms with Crippen LogP contribution in [0.25, 0.3) is 0 Å². The summed E-state index contributed by atoms with van der Waals surface area (Å²) in [5.74, 6) is 0.807. The van der Waals surface area contributed by atoms with E-state index in [0.717, 1.165) is 12.2 Å². The van der Waals surface area contributed by atoms with Gasteiger partial charge in [0.2, 0.25) is 0 Å². The van der Waals surface area contributed by atoms with Crippen LogP contribution in [0, 0.1) is 0 Å². The molecule has 1 atom stereocenters. The van der Waals surface area contributed by atoms with Crippen LogP contribution in [-0.4, -0.2) is 38.2 Å². The second kappa shape index (κ2) is 6.74. The van der Waals surface area contributed by atoms with Gasteiger partial charge in [0.05, 0.1) is 6.61 Å². The third-order valence-electron chi connectivity index (χ3n) is 2.52. The van der Waals surface area contributed by atoms with Gasteiger partial charge in [-0.1, -0.05) is 17.7 Å². The van der Waals surface area contributed by atoms with Gasteiger partial charge in [-0.25, -0.2) is 0 Å². The van der Waals surface area contributed by atoms with Crippen LogP contribution in [0.1, 0.15) is 6.42 Å². The highest BCUT2D eigenvalue weighted by Gasteiger charge is 2.08. The first kappa shape index (κ1) is 13.3. The predicted octanol–water partition coefficient (Wildman–Crippen LogP) is 2.00. The van der Waals surface area contributed by atoms with E-state index in [9.17, 15) is 0 Å². The van der Waals surface area contributed by atoms with Gasteiger partial charge in [-0.15, -0.1) is 0 Å². The fraction of sp³-hybridized carbons (Fsp3) is 0.500. The molecule has 3 nitrogen and oxygen atoms in total. The molecule has 16 heavy (non-hydrogen) atoms. The second-order valence-electron chi connectivity index (χ2n) is 3.95. The van der Waals surface area contributed by atoms with Crippen molar-refractivity contribution >= 4 is 11.6 Å². The van der Waals surface area contributed by atoms with E-state index < -0.39 is 0 Å². The molecule has 1 unspecified atom stereocenters. The van der Waals surface area contributed by atoms with E-state index >= 15 is 0 Å². The zero-order valence-corrected chi connectivity index (χ0v) is 10.6. The molecule has 0 saturated heterocycles. The highest BCUT2D eigenvalue weighted by molar-refractivity contribution is 6.30. The minimum absolute atomic E-state index is 0.360. The zero-order valence-electron chi connectivity index (χ0n) is 9.82. The summed E-state index contributed by atoms with van der Waals surface area (Å²) in [6.07, 6.45) is 0.913. The molecule has 1 rings (SSSR count). The summed E-state index contributed by atoms with van der Waals surface area (Å²) in [4.78, 5) is 2.11. The van der Waals surface area contributed by atoms with Crippen LogP contribution in [0.5, 0.6) is 5.75 Å². The Balaban J connectivity index is 2.35. The minimum atomic E-state index is 0.360. The highest BCUT2D eigenvalue weighted by atomic mass is 35.5. The maximum absolute atomic E-state index is 5.86. The van der Waals surface area contributed by atoms with Crippen molar-refractivity contribution in [2.75, 3.05) is 27.2 Å². The monoisotopic (exact) mass is 242 g/mol. The Labute approximate surface area is 102 Å². The Hall–Kier alpha value is -0.770. The summed E-state index contributed by atoms with van der Waals surface area (Å²) in [6.45, 7) is 1.30. The maximum atomic E-state index is 5.86. The first-order valence-electron chi connectivity index (χ1n) is 5.38. The SMILES string of the molecule is CN(C)C(CN)CCOc1cccc(Cl)c1. The van der Waals surface area contributed by atoms with Gasteiger partial charge in [0.15, 0.2) is 0 Å². The van der Waals surface area contributed by atoms with E-state index in [-0.39, 0.29) is 0 Å². The van der Waals surface area contributed by atoms with Crippen molar-refractivity contribution in [1.82, 2.24) is 4.90 Å². The number of benzene rings is 1. The summed E-state index contributed by atoms with van der Waals surface area (Å²) in [6, 6.07) is 7.79. The van der Waals surface area contributed by atoms with E-state index in [4.69, 9.17) is 22.1 Å². The second-order valence-corrected chi connectivity index (χ2v) is 4.38. The number of rotatable bonds is 6. The average molecular weight is 243 g/mol. The lowest BCUT2D eigenvalue weighted by Crippen LogP contribution is -2.36. The molecule has 0 aliphatic carbocycles. The minimum Gasteiger partial charge on any atom is -0.493 e. The number of halogens is 1. The van der Waals surface area contributed by atoms with Gasteiger partial charge < -0.3 is 15.4 Å². The largest absolute Gasteiger partial charge is 0.493 e. The van der Waals surface area contributed by atoms with Gasteiger partial charge in [-0.05, 0) is 38.7 Å². The molecule has 0 saturated carbocycles. The molecule has 1 aromatic carbocycles. The zero-order chi connectivity index (χ0) is 12.0. The summed E-state index contributed by atoms with van der Waals surface area (Å²) < 4.78 is 5.60. The Morgan fingerprint density at radius 2 is 2.19 bits per heavy atom. The summed E-state index contributed by atoms with van der Waals surface area (Å²) >= 11 is 5.86. The molecule has 90 valence electrons. The van der Waals surface area contributed by atoms with Crippen LogP contribution in [0.3, 0.4) is 0 Å². The molecule has 4 heteroatoms. The summed E-state index contributed by atoms with van der Waals surface area (Å²) in [5, 5.41) is 0.695. The van der Waals surface area contributed by atoms with Crippen LogP contribution in [-0.2, 0) is 0 Å². The van der Waals surface area contributed by atoms with Crippen molar-refractivity contribution < 1.29 is 4.74 Å². The number of nitrogens with two attached hydrogens (primary N) is 1. The first-order valence-corrected chi connectivity index (χ1v) is 5.76. The van der Waals surface area contributed by atoms with E-state index in [1.807, 2.05) is 38.4 Å². The number of ether oxygens (including phenoxy) is 1. The molecule has 0 radical (unpaired) electrons. The first-order chi connectivity index (χ1) is 7.63. The van der Waals surface area contributed by atoms with Gasteiger partial charge in [-0.2, -0.15) is 0 Å². The summed E-state index contributed by atoms with van der Waals surface area (Å²) in [5.41, 5.74) is 5.66. The third kappa shape index (κ3) is 4.39. The molecule has 0 fully saturated rings. The normalized spacial score (nSPS) is 12.8. The maximum Gasteiger partial charge on any atom is 0.120 e. The van der Waals surface area contributed by atoms with Crippen molar-refractivity contribution in [3.8, 4) is 5.75 Å². The van der Waals surface area contributed by atoms with Crippen LogP contribution in [0.15, 0.2) is 24.3 Å². The van der Waals surface area contributed by atoms with Crippen molar-refractivity contribution in [2.24, 2.45) is 5.73 Å². The Morgan fingerprint density at radius 3 is 2.75 bits per heavy atom. The molecule has 2 N–H and O–H groups in total. The molecule has 0 aromatic heterocycles. The summed E-state index contributed by atoms with van der Waals surface area (Å²) in [7, 11) is 4.05. The van der Waals surface area contributed by atoms with Gasteiger partial charge >= 0.3 is 0 Å². The fourth-order valence-electron chi connectivity index (χ4n) is 1.46. The standard InChI is InChI=1S/C12H19ClN2O/c1-15(2)11(9-14)6-7-16-12-5-3-4-10(13)8-12/h3-5,8,11H,6-7,9,14H2,1-2H3. The van der Waals surface area contributed by atoms with Crippen LogP contribution < -0.4 is 10.5 Å². The van der Waals surface area contributed by atoms with Crippen LogP contribution in [0.2, 0.25) is 5.02 Å². The van der Waals surface area contributed by atoms with E-state index in [2.05, 4.69) is 4.90 Å². The topological polar surface area (TPSA) is 38.5 Å².